The predicted molar refractivity (Wildman–Crippen MR) is 96.9 cm³/mol. The van der Waals surface area contributed by atoms with E-state index in [0.717, 1.165) is 34.9 Å². The number of para-hydroxylation sites is 2. The number of methoxy groups -OCH3 is 1. The Labute approximate surface area is 143 Å². The molecule has 24 heavy (non-hydrogen) atoms. The summed E-state index contributed by atoms with van der Waals surface area (Å²) in [6.07, 6.45) is 0. The van der Waals surface area contributed by atoms with E-state index in [9.17, 15) is 0 Å². The molecule has 0 saturated carbocycles. The van der Waals surface area contributed by atoms with Gasteiger partial charge in [-0.3, -0.25) is 0 Å². The molecule has 0 N–H and O–H groups in total. The SMILES string of the molecule is COc1ccc(OCCn2c(C(C)(C)C)nc3ccccc32)cc1. The molecule has 2 aromatic carbocycles. The Bertz CT molecular complexity index is 814. The van der Waals surface area contributed by atoms with Crippen LogP contribution < -0.4 is 9.47 Å². The number of rotatable bonds is 5. The van der Waals surface area contributed by atoms with Crippen LogP contribution in [0.3, 0.4) is 0 Å². The lowest BCUT2D eigenvalue weighted by Crippen LogP contribution is -2.21. The quantitative estimate of drug-likeness (QED) is 0.697. The van der Waals surface area contributed by atoms with Crippen LogP contribution in [0.25, 0.3) is 11.0 Å². The maximum Gasteiger partial charge on any atom is 0.119 e. The smallest absolute Gasteiger partial charge is 0.119 e. The fourth-order valence-corrected chi connectivity index (χ4v) is 2.80. The summed E-state index contributed by atoms with van der Waals surface area (Å²) in [5, 5.41) is 0. The average molecular weight is 324 g/mol. The maximum atomic E-state index is 5.89. The molecule has 0 saturated heterocycles. The van der Waals surface area contributed by atoms with Gasteiger partial charge in [0.2, 0.25) is 0 Å². The topological polar surface area (TPSA) is 36.3 Å². The molecule has 1 heterocycles. The molecule has 0 bridgehead atoms. The van der Waals surface area contributed by atoms with Crippen molar-refractivity contribution in [3.05, 3.63) is 54.4 Å². The molecule has 0 aliphatic heterocycles. The summed E-state index contributed by atoms with van der Waals surface area (Å²) in [4.78, 5) is 4.82. The fraction of sp³-hybridized carbons (Fsp3) is 0.350. The Morgan fingerprint density at radius 3 is 2.29 bits per heavy atom. The van der Waals surface area contributed by atoms with E-state index in [-0.39, 0.29) is 5.41 Å². The van der Waals surface area contributed by atoms with Crippen LogP contribution in [0.15, 0.2) is 48.5 Å². The highest BCUT2D eigenvalue weighted by molar-refractivity contribution is 5.76. The van der Waals surface area contributed by atoms with Gasteiger partial charge >= 0.3 is 0 Å². The highest BCUT2D eigenvalue weighted by atomic mass is 16.5. The summed E-state index contributed by atoms with van der Waals surface area (Å²) in [5.74, 6) is 2.76. The molecule has 0 spiro atoms. The Kier molecular flexibility index (Phi) is 4.47. The van der Waals surface area contributed by atoms with E-state index in [1.165, 1.54) is 0 Å². The molecule has 3 aromatic rings. The summed E-state index contributed by atoms with van der Waals surface area (Å²) < 4.78 is 13.3. The van der Waals surface area contributed by atoms with Gasteiger partial charge in [-0.15, -0.1) is 0 Å². The number of imidazole rings is 1. The highest BCUT2D eigenvalue weighted by Crippen LogP contribution is 2.26. The molecule has 3 rings (SSSR count). The van der Waals surface area contributed by atoms with Crippen molar-refractivity contribution in [2.24, 2.45) is 0 Å². The Balaban J connectivity index is 1.78. The third-order valence-electron chi connectivity index (χ3n) is 3.97. The maximum absolute atomic E-state index is 5.89. The van der Waals surface area contributed by atoms with Gasteiger partial charge in [-0.1, -0.05) is 32.9 Å². The predicted octanol–water partition coefficient (Wildman–Crippen LogP) is 4.42. The van der Waals surface area contributed by atoms with E-state index in [1.807, 2.05) is 30.3 Å². The summed E-state index contributed by atoms with van der Waals surface area (Å²) in [7, 11) is 1.66. The molecule has 0 atom stereocenters. The van der Waals surface area contributed by atoms with Gasteiger partial charge < -0.3 is 14.0 Å². The summed E-state index contributed by atoms with van der Waals surface area (Å²) >= 11 is 0. The summed E-state index contributed by atoms with van der Waals surface area (Å²) in [6, 6.07) is 15.9. The van der Waals surface area contributed by atoms with Crippen LogP contribution in [0.5, 0.6) is 11.5 Å². The summed E-state index contributed by atoms with van der Waals surface area (Å²) in [5.41, 5.74) is 2.17. The number of fused-ring (bicyclic) bond motifs is 1. The average Bonchev–Trinajstić information content (AvgIpc) is 2.95. The Morgan fingerprint density at radius 2 is 1.62 bits per heavy atom. The van der Waals surface area contributed by atoms with Gasteiger partial charge in [0.05, 0.1) is 24.7 Å². The molecule has 1 aromatic heterocycles. The minimum Gasteiger partial charge on any atom is -0.497 e. The number of ether oxygens (including phenoxy) is 2. The molecule has 4 nitrogen and oxygen atoms in total. The van der Waals surface area contributed by atoms with Gasteiger partial charge in [-0.2, -0.15) is 0 Å². The lowest BCUT2D eigenvalue weighted by atomic mass is 9.95. The molecule has 0 unspecified atom stereocenters. The van der Waals surface area contributed by atoms with Gasteiger partial charge in [0.1, 0.15) is 23.9 Å². The van der Waals surface area contributed by atoms with Crippen molar-refractivity contribution in [2.45, 2.75) is 32.7 Å². The van der Waals surface area contributed by atoms with Crippen molar-refractivity contribution in [1.82, 2.24) is 9.55 Å². The molecule has 0 aliphatic rings. The van der Waals surface area contributed by atoms with E-state index in [4.69, 9.17) is 14.5 Å². The van der Waals surface area contributed by atoms with Crippen LogP contribution in [0.4, 0.5) is 0 Å². The number of nitrogens with zero attached hydrogens (tertiary/aromatic N) is 2. The minimum atomic E-state index is -0.0147. The molecule has 0 aliphatic carbocycles. The van der Waals surface area contributed by atoms with Gasteiger partial charge in [0.25, 0.3) is 0 Å². The standard InChI is InChI=1S/C20H24N2O2/c1-20(2,3)19-21-17-7-5-6-8-18(17)22(19)13-14-24-16-11-9-15(23-4)10-12-16/h5-12H,13-14H2,1-4H3. The van der Waals surface area contributed by atoms with E-state index >= 15 is 0 Å². The monoisotopic (exact) mass is 324 g/mol. The first kappa shape index (κ1) is 16.4. The summed E-state index contributed by atoms with van der Waals surface area (Å²) in [6.45, 7) is 7.92. The Morgan fingerprint density at radius 1 is 0.958 bits per heavy atom. The third-order valence-corrected chi connectivity index (χ3v) is 3.97. The normalized spacial score (nSPS) is 11.7. The number of benzene rings is 2. The van der Waals surface area contributed by atoms with Gasteiger partial charge in [-0.05, 0) is 36.4 Å². The molecule has 4 heteroatoms. The minimum absolute atomic E-state index is 0.0147. The van der Waals surface area contributed by atoms with Crippen molar-refractivity contribution in [2.75, 3.05) is 13.7 Å². The molecule has 126 valence electrons. The van der Waals surface area contributed by atoms with Gasteiger partial charge in [0, 0.05) is 5.41 Å². The number of aromatic nitrogens is 2. The second kappa shape index (κ2) is 6.56. The zero-order chi connectivity index (χ0) is 17.2. The first-order chi connectivity index (χ1) is 11.5. The van der Waals surface area contributed by atoms with Crippen molar-refractivity contribution >= 4 is 11.0 Å². The van der Waals surface area contributed by atoms with Crippen molar-refractivity contribution in [3.8, 4) is 11.5 Å². The first-order valence-corrected chi connectivity index (χ1v) is 8.21. The largest absolute Gasteiger partial charge is 0.497 e. The lowest BCUT2D eigenvalue weighted by Gasteiger charge is -2.20. The van der Waals surface area contributed by atoms with E-state index in [1.54, 1.807) is 7.11 Å². The van der Waals surface area contributed by atoms with Crippen molar-refractivity contribution < 1.29 is 9.47 Å². The lowest BCUT2D eigenvalue weighted by molar-refractivity contribution is 0.294. The zero-order valence-corrected chi connectivity index (χ0v) is 14.7. The van der Waals surface area contributed by atoms with Crippen LogP contribution in [0.2, 0.25) is 0 Å². The fourth-order valence-electron chi connectivity index (χ4n) is 2.80. The third kappa shape index (κ3) is 3.37. The van der Waals surface area contributed by atoms with Crippen molar-refractivity contribution in [3.63, 3.8) is 0 Å². The van der Waals surface area contributed by atoms with Crippen LogP contribution in [0.1, 0.15) is 26.6 Å². The van der Waals surface area contributed by atoms with E-state index < -0.39 is 0 Å². The van der Waals surface area contributed by atoms with Crippen LogP contribution in [-0.2, 0) is 12.0 Å². The van der Waals surface area contributed by atoms with Gasteiger partial charge in [0.15, 0.2) is 0 Å². The molecular weight excluding hydrogens is 300 g/mol. The van der Waals surface area contributed by atoms with E-state index in [2.05, 4.69) is 43.5 Å². The number of hydrogen-bond donors (Lipinski definition) is 0. The molecule has 0 radical (unpaired) electrons. The molecule has 0 amide bonds. The molecule has 0 fully saturated rings. The van der Waals surface area contributed by atoms with Crippen LogP contribution in [0, 0.1) is 0 Å². The van der Waals surface area contributed by atoms with E-state index in [0.29, 0.717) is 6.61 Å². The van der Waals surface area contributed by atoms with Crippen molar-refractivity contribution in [1.29, 1.82) is 0 Å². The Hall–Kier alpha value is -2.49. The molecular formula is C20H24N2O2. The first-order valence-electron chi connectivity index (χ1n) is 8.21. The van der Waals surface area contributed by atoms with Crippen LogP contribution in [-0.4, -0.2) is 23.3 Å². The van der Waals surface area contributed by atoms with Gasteiger partial charge in [-0.25, -0.2) is 4.98 Å². The number of hydrogen-bond acceptors (Lipinski definition) is 3. The van der Waals surface area contributed by atoms with Crippen LogP contribution >= 0.6 is 0 Å². The zero-order valence-electron chi connectivity index (χ0n) is 14.7. The second-order valence-electron chi connectivity index (χ2n) is 6.85. The highest BCUT2D eigenvalue weighted by Gasteiger charge is 2.22. The second-order valence-corrected chi connectivity index (χ2v) is 6.85.